The van der Waals surface area contributed by atoms with Crippen molar-refractivity contribution in [2.75, 3.05) is 13.2 Å². The number of nitrogens with zero attached hydrogens (tertiary/aromatic N) is 2. The molecule has 0 fully saturated rings. The van der Waals surface area contributed by atoms with Gasteiger partial charge in [-0.15, -0.1) is 0 Å². The Morgan fingerprint density at radius 2 is 1.80 bits per heavy atom. The Labute approximate surface area is 184 Å². The molecule has 0 unspecified atom stereocenters. The highest BCUT2D eigenvalue weighted by atomic mass is 35.5. The number of non-ortho nitro benzene ring substituents is 1. The number of hydrogen-bond acceptors (Lipinski definition) is 5. The van der Waals surface area contributed by atoms with Gasteiger partial charge in [-0.1, -0.05) is 41.4 Å². The zero-order valence-corrected chi connectivity index (χ0v) is 18.0. The van der Waals surface area contributed by atoms with Crippen LogP contribution < -0.4 is 0 Å². The minimum atomic E-state index is -0.478. The van der Waals surface area contributed by atoms with Gasteiger partial charge in [0.15, 0.2) is 0 Å². The standard InChI is InChI=1S/C21H22Cl2N2O5/c1-2-30-21(27)10-9-20(26)24(12-11-16-5-6-17(22)13-19(16)23)14-15-3-7-18(8-4-15)25(28)29/h3-8,13H,2,9-12,14H2,1H3. The molecule has 0 radical (unpaired) electrons. The summed E-state index contributed by atoms with van der Waals surface area (Å²) in [7, 11) is 0. The third-order valence-electron chi connectivity index (χ3n) is 4.39. The second-order valence-electron chi connectivity index (χ2n) is 6.53. The van der Waals surface area contributed by atoms with E-state index >= 15 is 0 Å². The Bertz CT molecular complexity index is 903. The predicted octanol–water partition coefficient (Wildman–Crippen LogP) is 4.82. The van der Waals surface area contributed by atoms with E-state index in [2.05, 4.69) is 0 Å². The third-order valence-corrected chi connectivity index (χ3v) is 4.97. The van der Waals surface area contributed by atoms with Crippen LogP contribution in [-0.2, 0) is 27.3 Å². The number of carbonyl (C=O) groups excluding carboxylic acids is 2. The number of hydrogen-bond donors (Lipinski definition) is 0. The van der Waals surface area contributed by atoms with Crippen molar-refractivity contribution in [3.63, 3.8) is 0 Å². The van der Waals surface area contributed by atoms with Crippen LogP contribution in [0.5, 0.6) is 0 Å². The number of ether oxygens (including phenoxy) is 1. The lowest BCUT2D eigenvalue weighted by atomic mass is 10.1. The van der Waals surface area contributed by atoms with E-state index in [1.807, 2.05) is 0 Å². The molecule has 0 saturated carbocycles. The second kappa shape index (κ2) is 11.5. The Morgan fingerprint density at radius 3 is 2.40 bits per heavy atom. The van der Waals surface area contributed by atoms with Crippen LogP contribution in [-0.4, -0.2) is 34.9 Å². The molecule has 0 atom stereocenters. The van der Waals surface area contributed by atoms with Gasteiger partial charge < -0.3 is 9.64 Å². The van der Waals surface area contributed by atoms with Crippen LogP contribution in [0.4, 0.5) is 5.69 Å². The molecular formula is C21H22Cl2N2O5. The topological polar surface area (TPSA) is 89.8 Å². The average molecular weight is 453 g/mol. The van der Waals surface area contributed by atoms with Gasteiger partial charge in [0.05, 0.1) is 18.0 Å². The summed E-state index contributed by atoms with van der Waals surface area (Å²) < 4.78 is 4.88. The van der Waals surface area contributed by atoms with Crippen LogP contribution in [0.3, 0.4) is 0 Å². The predicted molar refractivity (Wildman–Crippen MR) is 115 cm³/mol. The first-order valence-corrected chi connectivity index (χ1v) is 10.2. The van der Waals surface area contributed by atoms with Crippen molar-refractivity contribution in [3.8, 4) is 0 Å². The summed E-state index contributed by atoms with van der Waals surface area (Å²) in [6, 6.07) is 11.2. The zero-order valence-electron chi connectivity index (χ0n) is 16.5. The number of amides is 1. The van der Waals surface area contributed by atoms with Crippen molar-refractivity contribution in [3.05, 3.63) is 73.8 Å². The van der Waals surface area contributed by atoms with E-state index in [1.165, 1.54) is 12.1 Å². The molecule has 0 bridgehead atoms. The molecule has 0 saturated heterocycles. The largest absolute Gasteiger partial charge is 0.466 e. The van der Waals surface area contributed by atoms with E-state index in [0.29, 0.717) is 23.0 Å². The van der Waals surface area contributed by atoms with Crippen LogP contribution >= 0.6 is 23.2 Å². The lowest BCUT2D eigenvalue weighted by molar-refractivity contribution is -0.384. The van der Waals surface area contributed by atoms with E-state index in [-0.39, 0.29) is 37.6 Å². The average Bonchev–Trinajstić information content (AvgIpc) is 2.71. The Balaban J connectivity index is 2.10. The number of nitro groups is 1. The van der Waals surface area contributed by atoms with Crippen molar-refractivity contribution in [1.29, 1.82) is 0 Å². The van der Waals surface area contributed by atoms with Crippen molar-refractivity contribution in [2.45, 2.75) is 32.7 Å². The smallest absolute Gasteiger partial charge is 0.306 e. The highest BCUT2D eigenvalue weighted by Crippen LogP contribution is 2.22. The Hall–Kier alpha value is -2.64. The number of esters is 1. The normalized spacial score (nSPS) is 10.5. The lowest BCUT2D eigenvalue weighted by Crippen LogP contribution is -2.33. The minimum Gasteiger partial charge on any atom is -0.466 e. The summed E-state index contributed by atoms with van der Waals surface area (Å²) in [5, 5.41) is 11.9. The fraction of sp³-hybridized carbons (Fsp3) is 0.333. The van der Waals surface area contributed by atoms with Crippen LogP contribution in [0.15, 0.2) is 42.5 Å². The molecule has 9 heteroatoms. The van der Waals surface area contributed by atoms with Crippen molar-refractivity contribution in [1.82, 2.24) is 4.90 Å². The van der Waals surface area contributed by atoms with Gasteiger partial charge >= 0.3 is 5.97 Å². The van der Waals surface area contributed by atoms with Gasteiger partial charge in [0, 0.05) is 41.7 Å². The first-order chi connectivity index (χ1) is 14.3. The van der Waals surface area contributed by atoms with Crippen LogP contribution in [0.1, 0.15) is 30.9 Å². The van der Waals surface area contributed by atoms with Gasteiger partial charge in [0.1, 0.15) is 0 Å². The Morgan fingerprint density at radius 1 is 1.10 bits per heavy atom. The van der Waals surface area contributed by atoms with E-state index in [9.17, 15) is 19.7 Å². The number of carbonyl (C=O) groups is 2. The fourth-order valence-corrected chi connectivity index (χ4v) is 3.32. The summed E-state index contributed by atoms with van der Waals surface area (Å²) in [5.74, 6) is -0.645. The molecule has 0 aromatic heterocycles. The van der Waals surface area contributed by atoms with E-state index in [0.717, 1.165) is 11.1 Å². The molecule has 0 aliphatic carbocycles. The van der Waals surface area contributed by atoms with Gasteiger partial charge in [-0.05, 0) is 36.6 Å². The highest BCUT2D eigenvalue weighted by Gasteiger charge is 2.17. The second-order valence-corrected chi connectivity index (χ2v) is 7.37. The maximum absolute atomic E-state index is 12.7. The third kappa shape index (κ3) is 7.31. The van der Waals surface area contributed by atoms with E-state index in [1.54, 1.807) is 42.2 Å². The minimum absolute atomic E-state index is 0.00879. The summed E-state index contributed by atoms with van der Waals surface area (Å²) in [5.41, 5.74) is 1.56. The number of nitro benzene ring substituents is 1. The quantitative estimate of drug-likeness (QED) is 0.292. The molecule has 1 amide bonds. The molecule has 160 valence electrons. The first-order valence-electron chi connectivity index (χ1n) is 9.40. The van der Waals surface area contributed by atoms with Gasteiger partial charge in [-0.25, -0.2) is 0 Å². The fourth-order valence-electron chi connectivity index (χ4n) is 2.82. The monoisotopic (exact) mass is 452 g/mol. The van der Waals surface area contributed by atoms with E-state index in [4.69, 9.17) is 27.9 Å². The van der Waals surface area contributed by atoms with Crippen molar-refractivity contribution < 1.29 is 19.2 Å². The summed E-state index contributed by atoms with van der Waals surface area (Å²) in [6.45, 7) is 2.58. The molecule has 0 N–H and O–H groups in total. The van der Waals surface area contributed by atoms with Gasteiger partial charge in [0.2, 0.25) is 5.91 Å². The number of rotatable bonds is 10. The highest BCUT2D eigenvalue weighted by molar-refractivity contribution is 6.35. The summed E-state index contributed by atoms with van der Waals surface area (Å²) in [6.07, 6.45) is 0.499. The number of benzene rings is 2. The molecule has 0 spiro atoms. The molecule has 2 rings (SSSR count). The Kier molecular flexibility index (Phi) is 9.08. The molecule has 2 aromatic carbocycles. The molecule has 0 heterocycles. The molecule has 2 aromatic rings. The maximum atomic E-state index is 12.7. The van der Waals surface area contributed by atoms with Gasteiger partial charge in [-0.3, -0.25) is 19.7 Å². The van der Waals surface area contributed by atoms with Crippen LogP contribution in [0.25, 0.3) is 0 Å². The molecular weight excluding hydrogens is 431 g/mol. The molecule has 0 aliphatic rings. The van der Waals surface area contributed by atoms with Gasteiger partial charge in [0.25, 0.3) is 5.69 Å². The molecule has 0 aliphatic heterocycles. The van der Waals surface area contributed by atoms with E-state index < -0.39 is 10.9 Å². The summed E-state index contributed by atoms with van der Waals surface area (Å²) >= 11 is 12.2. The zero-order chi connectivity index (χ0) is 22.1. The molecule has 7 nitrogen and oxygen atoms in total. The van der Waals surface area contributed by atoms with Crippen LogP contribution in [0.2, 0.25) is 10.0 Å². The first kappa shape index (κ1) is 23.6. The van der Waals surface area contributed by atoms with Crippen molar-refractivity contribution >= 4 is 40.8 Å². The van der Waals surface area contributed by atoms with Gasteiger partial charge in [-0.2, -0.15) is 0 Å². The summed E-state index contributed by atoms with van der Waals surface area (Å²) in [4.78, 5) is 36.3. The maximum Gasteiger partial charge on any atom is 0.306 e. The number of halogens is 2. The van der Waals surface area contributed by atoms with Crippen molar-refractivity contribution in [2.24, 2.45) is 0 Å². The van der Waals surface area contributed by atoms with Crippen LogP contribution in [0, 0.1) is 10.1 Å². The SMILES string of the molecule is CCOC(=O)CCC(=O)N(CCc1ccc(Cl)cc1Cl)Cc1ccc([N+](=O)[O-])cc1. The molecule has 30 heavy (non-hydrogen) atoms. The lowest BCUT2D eigenvalue weighted by Gasteiger charge is -2.23.